The average Bonchev–Trinajstić information content (AvgIpc) is 2.30. The minimum atomic E-state index is -0.144. The summed E-state index contributed by atoms with van der Waals surface area (Å²) in [5.74, 6) is -0.144. The molecule has 1 aromatic rings. The van der Waals surface area contributed by atoms with Gasteiger partial charge in [0.2, 0.25) is 0 Å². The van der Waals surface area contributed by atoms with Crippen LogP contribution in [0.25, 0.3) is 0 Å². The molecule has 1 N–H and O–H groups in total. The van der Waals surface area contributed by atoms with E-state index in [4.69, 9.17) is 0 Å². The van der Waals surface area contributed by atoms with Gasteiger partial charge in [0.15, 0.2) is 0 Å². The van der Waals surface area contributed by atoms with Crippen molar-refractivity contribution in [3.8, 4) is 0 Å². The van der Waals surface area contributed by atoms with Crippen molar-refractivity contribution in [1.29, 1.82) is 0 Å². The Morgan fingerprint density at radius 2 is 2.00 bits per heavy atom. The maximum absolute atomic E-state index is 13.1. The highest BCUT2D eigenvalue weighted by molar-refractivity contribution is 5.19. The van der Waals surface area contributed by atoms with E-state index in [-0.39, 0.29) is 11.9 Å². The summed E-state index contributed by atoms with van der Waals surface area (Å²) >= 11 is 0. The second-order valence-electron chi connectivity index (χ2n) is 4.78. The van der Waals surface area contributed by atoms with Crippen molar-refractivity contribution in [1.82, 2.24) is 5.32 Å². The summed E-state index contributed by atoms with van der Waals surface area (Å²) in [6.45, 7) is 2.11. The normalized spacial score (nSPS) is 19.6. The Balaban J connectivity index is 1.94. The lowest BCUT2D eigenvalue weighted by molar-refractivity contribution is 0.346. The van der Waals surface area contributed by atoms with E-state index in [2.05, 4.69) is 12.2 Å². The van der Waals surface area contributed by atoms with Gasteiger partial charge in [-0.25, -0.2) is 4.39 Å². The third kappa shape index (κ3) is 3.05. The number of hydrogen-bond acceptors (Lipinski definition) is 1. The first-order chi connectivity index (χ1) is 7.75. The van der Waals surface area contributed by atoms with Gasteiger partial charge in [-0.05, 0) is 37.5 Å². The van der Waals surface area contributed by atoms with Gasteiger partial charge >= 0.3 is 0 Å². The Bertz CT molecular complexity index is 331. The van der Waals surface area contributed by atoms with Crippen molar-refractivity contribution in [2.75, 3.05) is 0 Å². The number of halogens is 1. The summed E-state index contributed by atoms with van der Waals surface area (Å²) in [6.07, 6.45) is 6.55. The smallest absolute Gasteiger partial charge is 0.123 e. The topological polar surface area (TPSA) is 12.0 Å². The first-order valence-corrected chi connectivity index (χ1v) is 6.27. The molecule has 0 amide bonds. The molecule has 0 heterocycles. The highest BCUT2D eigenvalue weighted by Gasteiger charge is 2.16. The fourth-order valence-corrected chi connectivity index (χ4v) is 2.49. The lowest BCUT2D eigenvalue weighted by Crippen LogP contribution is -2.33. The van der Waals surface area contributed by atoms with Gasteiger partial charge in [0, 0.05) is 12.1 Å². The van der Waals surface area contributed by atoms with Gasteiger partial charge < -0.3 is 5.32 Å². The number of rotatable bonds is 3. The Kier molecular flexibility index (Phi) is 3.94. The first-order valence-electron chi connectivity index (χ1n) is 6.27. The van der Waals surface area contributed by atoms with Gasteiger partial charge in [-0.1, -0.05) is 31.4 Å². The fourth-order valence-electron chi connectivity index (χ4n) is 2.49. The summed E-state index contributed by atoms with van der Waals surface area (Å²) in [7, 11) is 0. The summed E-state index contributed by atoms with van der Waals surface area (Å²) in [6, 6.07) is 7.76. The lowest BCUT2D eigenvalue weighted by atomic mass is 9.94. The van der Waals surface area contributed by atoms with Crippen LogP contribution in [0, 0.1) is 5.82 Å². The molecule has 1 aromatic carbocycles. The average molecular weight is 221 g/mol. The highest BCUT2D eigenvalue weighted by Crippen LogP contribution is 2.21. The third-order valence-electron chi connectivity index (χ3n) is 3.44. The lowest BCUT2D eigenvalue weighted by Gasteiger charge is -2.26. The van der Waals surface area contributed by atoms with Crippen molar-refractivity contribution in [3.05, 3.63) is 35.6 Å². The summed E-state index contributed by atoms with van der Waals surface area (Å²) < 4.78 is 13.1. The van der Waals surface area contributed by atoms with Crippen LogP contribution >= 0.6 is 0 Å². The van der Waals surface area contributed by atoms with E-state index in [0.717, 1.165) is 5.56 Å². The van der Waals surface area contributed by atoms with E-state index in [0.29, 0.717) is 6.04 Å². The van der Waals surface area contributed by atoms with Crippen LogP contribution in [-0.4, -0.2) is 6.04 Å². The SMILES string of the molecule is CC(NC1CCCCC1)c1cccc(F)c1. The zero-order chi connectivity index (χ0) is 11.4. The van der Waals surface area contributed by atoms with Crippen LogP contribution in [0.3, 0.4) is 0 Å². The molecular weight excluding hydrogens is 201 g/mol. The fraction of sp³-hybridized carbons (Fsp3) is 0.571. The second kappa shape index (κ2) is 5.44. The maximum Gasteiger partial charge on any atom is 0.123 e. The Labute approximate surface area is 97.1 Å². The van der Waals surface area contributed by atoms with E-state index in [1.165, 1.54) is 38.2 Å². The number of benzene rings is 1. The standard InChI is InChI=1S/C14H20FN/c1-11(12-6-5-7-13(15)10-12)16-14-8-3-2-4-9-14/h5-7,10-11,14,16H,2-4,8-9H2,1H3. The minimum Gasteiger partial charge on any atom is -0.307 e. The molecule has 1 fully saturated rings. The Morgan fingerprint density at radius 3 is 2.69 bits per heavy atom. The summed E-state index contributed by atoms with van der Waals surface area (Å²) in [5.41, 5.74) is 1.05. The van der Waals surface area contributed by atoms with Crippen LogP contribution < -0.4 is 5.32 Å². The Hall–Kier alpha value is -0.890. The molecule has 2 rings (SSSR count). The Morgan fingerprint density at radius 1 is 1.25 bits per heavy atom. The largest absolute Gasteiger partial charge is 0.307 e. The monoisotopic (exact) mass is 221 g/mol. The van der Waals surface area contributed by atoms with Crippen LogP contribution in [-0.2, 0) is 0 Å². The van der Waals surface area contributed by atoms with Crippen molar-refractivity contribution in [2.45, 2.75) is 51.1 Å². The summed E-state index contributed by atoms with van der Waals surface area (Å²) in [5, 5.41) is 3.60. The van der Waals surface area contributed by atoms with E-state index >= 15 is 0 Å². The van der Waals surface area contributed by atoms with Gasteiger partial charge in [0.25, 0.3) is 0 Å². The number of nitrogens with one attached hydrogen (secondary N) is 1. The van der Waals surface area contributed by atoms with Crippen molar-refractivity contribution < 1.29 is 4.39 Å². The van der Waals surface area contributed by atoms with Gasteiger partial charge in [-0.3, -0.25) is 0 Å². The molecule has 1 atom stereocenters. The van der Waals surface area contributed by atoms with Crippen LogP contribution in [0.5, 0.6) is 0 Å². The first kappa shape index (κ1) is 11.6. The van der Waals surface area contributed by atoms with Crippen LogP contribution in [0.4, 0.5) is 4.39 Å². The van der Waals surface area contributed by atoms with Gasteiger partial charge in [-0.2, -0.15) is 0 Å². The number of hydrogen-bond donors (Lipinski definition) is 1. The highest BCUT2D eigenvalue weighted by atomic mass is 19.1. The molecule has 0 saturated heterocycles. The zero-order valence-corrected chi connectivity index (χ0v) is 9.88. The van der Waals surface area contributed by atoms with Gasteiger partial charge in [0.1, 0.15) is 5.82 Å². The molecule has 1 nitrogen and oxygen atoms in total. The molecule has 0 aromatic heterocycles. The third-order valence-corrected chi connectivity index (χ3v) is 3.44. The predicted octanol–water partition coefficient (Wildman–Crippen LogP) is 3.81. The minimum absolute atomic E-state index is 0.144. The molecule has 1 aliphatic rings. The van der Waals surface area contributed by atoms with E-state index < -0.39 is 0 Å². The molecule has 88 valence electrons. The maximum atomic E-state index is 13.1. The molecular formula is C14H20FN. The van der Waals surface area contributed by atoms with Crippen LogP contribution in [0.1, 0.15) is 50.6 Å². The van der Waals surface area contributed by atoms with Crippen molar-refractivity contribution in [2.24, 2.45) is 0 Å². The van der Waals surface area contributed by atoms with E-state index in [9.17, 15) is 4.39 Å². The zero-order valence-electron chi connectivity index (χ0n) is 9.88. The quantitative estimate of drug-likeness (QED) is 0.818. The molecule has 2 heteroatoms. The van der Waals surface area contributed by atoms with Crippen molar-refractivity contribution >= 4 is 0 Å². The molecule has 0 spiro atoms. The predicted molar refractivity (Wildman–Crippen MR) is 64.8 cm³/mol. The van der Waals surface area contributed by atoms with Crippen LogP contribution in [0.15, 0.2) is 24.3 Å². The van der Waals surface area contributed by atoms with Crippen LogP contribution in [0.2, 0.25) is 0 Å². The molecule has 1 saturated carbocycles. The molecule has 0 aliphatic heterocycles. The van der Waals surface area contributed by atoms with E-state index in [1.807, 2.05) is 6.07 Å². The molecule has 0 bridgehead atoms. The molecule has 0 radical (unpaired) electrons. The molecule has 1 aliphatic carbocycles. The molecule has 16 heavy (non-hydrogen) atoms. The van der Waals surface area contributed by atoms with Gasteiger partial charge in [0.05, 0.1) is 0 Å². The van der Waals surface area contributed by atoms with Gasteiger partial charge in [-0.15, -0.1) is 0 Å². The van der Waals surface area contributed by atoms with Crippen molar-refractivity contribution in [3.63, 3.8) is 0 Å². The second-order valence-corrected chi connectivity index (χ2v) is 4.78. The summed E-state index contributed by atoms with van der Waals surface area (Å²) in [4.78, 5) is 0. The molecule has 1 unspecified atom stereocenters. The van der Waals surface area contributed by atoms with E-state index in [1.54, 1.807) is 12.1 Å².